The summed E-state index contributed by atoms with van der Waals surface area (Å²) < 4.78 is 17.0. The third kappa shape index (κ3) is 3.36. The summed E-state index contributed by atoms with van der Waals surface area (Å²) in [6, 6.07) is 8.01. The molecule has 0 spiro atoms. The largest absolute Gasteiger partial charge is 0.371 e. The number of rotatable bonds is 5. The van der Waals surface area contributed by atoms with Crippen LogP contribution in [0.25, 0.3) is 32.0 Å². The molecule has 0 fully saturated rings. The Bertz CT molecular complexity index is 1290. The first-order chi connectivity index (χ1) is 13.3. The lowest BCUT2D eigenvalue weighted by molar-refractivity contribution is 0.653. The fourth-order valence-corrected chi connectivity index (χ4v) is 5.08. The molecule has 4 aromatic rings. The molecule has 0 radical (unpaired) electrons. The van der Waals surface area contributed by atoms with Crippen molar-refractivity contribution >= 4 is 54.1 Å². The van der Waals surface area contributed by atoms with E-state index in [0.29, 0.717) is 0 Å². The zero-order valence-corrected chi connectivity index (χ0v) is 17.8. The highest BCUT2D eigenvalue weighted by Gasteiger charge is 2.17. The van der Waals surface area contributed by atoms with Gasteiger partial charge in [0.1, 0.15) is 26.4 Å². The molecule has 3 aromatic heterocycles. The lowest BCUT2D eigenvalue weighted by Gasteiger charge is -2.15. The summed E-state index contributed by atoms with van der Waals surface area (Å²) in [6.45, 7) is 1.98. The second kappa shape index (κ2) is 6.84. The van der Waals surface area contributed by atoms with E-state index in [1.807, 2.05) is 43.8 Å². The molecule has 0 saturated heterocycles. The van der Waals surface area contributed by atoms with Crippen molar-refractivity contribution in [3.63, 3.8) is 0 Å². The van der Waals surface area contributed by atoms with Gasteiger partial charge in [0.15, 0.2) is 5.82 Å². The van der Waals surface area contributed by atoms with E-state index >= 15 is 0 Å². The second-order valence-corrected chi connectivity index (χ2v) is 10.1. The number of imidazole rings is 1. The van der Waals surface area contributed by atoms with Crippen LogP contribution in [-0.2, 0) is 16.8 Å². The molecule has 0 amide bonds. The van der Waals surface area contributed by atoms with Gasteiger partial charge in [0.25, 0.3) is 0 Å². The molecule has 2 N–H and O–H groups in total. The molecule has 9 heteroatoms. The van der Waals surface area contributed by atoms with Gasteiger partial charge in [0.2, 0.25) is 0 Å². The number of aromatic nitrogens is 4. The van der Waals surface area contributed by atoms with Gasteiger partial charge >= 0.3 is 0 Å². The molecule has 0 aliphatic rings. The average molecular weight is 415 g/mol. The molecule has 0 aliphatic heterocycles. The zero-order chi connectivity index (χ0) is 20.1. The molecule has 1 aromatic carbocycles. The molecular weight excluding hydrogens is 392 g/mol. The van der Waals surface area contributed by atoms with E-state index in [-0.39, 0.29) is 6.04 Å². The topological polar surface area (TPSA) is 84.7 Å². The van der Waals surface area contributed by atoms with E-state index in [2.05, 4.69) is 27.0 Å². The number of hydrogen-bond donors (Lipinski definition) is 2. The SMILES string of the molecule is C=S(C)(=O)NC(C)c1cccc(-c2nc3c(nc(NC)c4ncn(C)c43)s2)c1. The van der Waals surface area contributed by atoms with Gasteiger partial charge in [-0.3, -0.25) is 4.21 Å². The van der Waals surface area contributed by atoms with Crippen molar-refractivity contribution in [1.82, 2.24) is 24.2 Å². The fraction of sp³-hybridized carbons (Fsp3) is 0.263. The van der Waals surface area contributed by atoms with Gasteiger partial charge in [-0.05, 0) is 24.4 Å². The molecule has 0 saturated carbocycles. The molecule has 2 unspecified atom stereocenters. The van der Waals surface area contributed by atoms with Gasteiger partial charge in [-0.1, -0.05) is 29.5 Å². The van der Waals surface area contributed by atoms with Crippen LogP contribution in [0, 0.1) is 0 Å². The first kappa shape index (κ1) is 18.9. The number of hydrogen-bond acceptors (Lipinski definition) is 6. The lowest BCUT2D eigenvalue weighted by atomic mass is 10.1. The van der Waals surface area contributed by atoms with Gasteiger partial charge in [0, 0.05) is 41.7 Å². The smallest absolute Gasteiger partial charge is 0.155 e. The summed E-state index contributed by atoms with van der Waals surface area (Å²) in [6.07, 6.45) is 3.38. The number of benzene rings is 1. The van der Waals surface area contributed by atoms with Crippen molar-refractivity contribution in [1.29, 1.82) is 0 Å². The summed E-state index contributed by atoms with van der Waals surface area (Å²) in [4.78, 5) is 14.9. The summed E-state index contributed by atoms with van der Waals surface area (Å²) in [5.74, 6) is 4.43. The normalized spacial score (nSPS) is 15.0. The zero-order valence-electron chi connectivity index (χ0n) is 16.2. The van der Waals surface area contributed by atoms with Crippen molar-refractivity contribution in [2.24, 2.45) is 7.05 Å². The first-order valence-corrected chi connectivity index (χ1v) is 11.7. The van der Waals surface area contributed by atoms with Crippen LogP contribution < -0.4 is 10.0 Å². The maximum absolute atomic E-state index is 12.0. The van der Waals surface area contributed by atoms with Crippen LogP contribution in [0.4, 0.5) is 5.82 Å². The number of nitrogens with one attached hydrogen (secondary N) is 2. The molecule has 0 bridgehead atoms. The van der Waals surface area contributed by atoms with E-state index in [4.69, 9.17) is 9.97 Å². The fourth-order valence-electron chi connectivity index (χ4n) is 3.26. The van der Waals surface area contributed by atoms with Crippen molar-refractivity contribution < 1.29 is 4.21 Å². The van der Waals surface area contributed by atoms with Crippen LogP contribution in [0.15, 0.2) is 30.6 Å². The van der Waals surface area contributed by atoms with E-state index in [0.717, 1.165) is 43.3 Å². The number of fused-ring (bicyclic) bond motifs is 3. The lowest BCUT2D eigenvalue weighted by Crippen LogP contribution is -2.25. The Morgan fingerprint density at radius 1 is 1.29 bits per heavy atom. The Labute approximate surface area is 168 Å². The Morgan fingerprint density at radius 3 is 2.79 bits per heavy atom. The number of nitrogens with zero attached hydrogens (tertiary/aromatic N) is 4. The number of anilines is 1. The maximum Gasteiger partial charge on any atom is 0.155 e. The van der Waals surface area contributed by atoms with E-state index in [1.54, 1.807) is 23.9 Å². The predicted octanol–water partition coefficient (Wildman–Crippen LogP) is 3.20. The van der Waals surface area contributed by atoms with Crippen LogP contribution in [0.2, 0.25) is 0 Å². The van der Waals surface area contributed by atoms with Gasteiger partial charge in [-0.15, -0.1) is 0 Å². The highest BCUT2D eigenvalue weighted by molar-refractivity contribution is 7.97. The van der Waals surface area contributed by atoms with Crippen LogP contribution in [0.3, 0.4) is 0 Å². The molecule has 28 heavy (non-hydrogen) atoms. The summed E-state index contributed by atoms with van der Waals surface area (Å²) in [5.41, 5.74) is 4.66. The summed E-state index contributed by atoms with van der Waals surface area (Å²) in [7, 11) is 1.51. The number of pyridine rings is 1. The van der Waals surface area contributed by atoms with E-state index in [1.165, 1.54) is 0 Å². The Hall–Kier alpha value is -2.49. The maximum atomic E-state index is 12.0. The quantitative estimate of drug-likeness (QED) is 0.490. The third-order valence-electron chi connectivity index (χ3n) is 4.50. The highest BCUT2D eigenvalue weighted by Crippen LogP contribution is 2.35. The van der Waals surface area contributed by atoms with Crippen LogP contribution in [0.1, 0.15) is 18.5 Å². The van der Waals surface area contributed by atoms with Crippen molar-refractivity contribution in [3.8, 4) is 10.6 Å². The van der Waals surface area contributed by atoms with Crippen molar-refractivity contribution in [3.05, 3.63) is 36.2 Å². The van der Waals surface area contributed by atoms with E-state index < -0.39 is 9.71 Å². The summed E-state index contributed by atoms with van der Waals surface area (Å²) >= 11 is 1.55. The standard InChI is InChI=1S/C19H22N6OS2/c1-11(24-28(4,5)26)12-7-6-8-13(9-12)18-22-15-16-14(21-10-25(16)3)17(20-2)23-19(15)27-18/h6-11H,4H2,1-3,5H3,(H,20,23)(H,24,26). The Balaban J connectivity index is 1.83. The third-order valence-corrected chi connectivity index (χ3v) is 6.36. The van der Waals surface area contributed by atoms with Crippen LogP contribution in [-0.4, -0.2) is 42.9 Å². The molecular formula is C19H22N6OS2. The predicted molar refractivity (Wildman–Crippen MR) is 119 cm³/mol. The summed E-state index contributed by atoms with van der Waals surface area (Å²) in [5, 5.41) is 4.01. The molecule has 3 heterocycles. The van der Waals surface area contributed by atoms with Crippen LogP contribution in [0.5, 0.6) is 0 Å². The van der Waals surface area contributed by atoms with Crippen molar-refractivity contribution in [2.75, 3.05) is 18.6 Å². The molecule has 4 rings (SSSR count). The van der Waals surface area contributed by atoms with Gasteiger partial charge in [-0.25, -0.2) is 19.7 Å². The van der Waals surface area contributed by atoms with Crippen molar-refractivity contribution in [2.45, 2.75) is 13.0 Å². The van der Waals surface area contributed by atoms with E-state index in [9.17, 15) is 4.21 Å². The molecule has 2 atom stereocenters. The number of aryl methyl sites for hydroxylation is 1. The molecule has 7 nitrogen and oxygen atoms in total. The van der Waals surface area contributed by atoms with Gasteiger partial charge < -0.3 is 9.88 Å². The first-order valence-electron chi connectivity index (χ1n) is 8.76. The molecule has 146 valence electrons. The van der Waals surface area contributed by atoms with Gasteiger partial charge in [0.05, 0.1) is 6.33 Å². The Morgan fingerprint density at radius 2 is 2.07 bits per heavy atom. The minimum Gasteiger partial charge on any atom is -0.371 e. The second-order valence-electron chi connectivity index (χ2n) is 6.91. The number of thiazole rings is 1. The minimum atomic E-state index is -2.29. The van der Waals surface area contributed by atoms with Crippen LogP contribution >= 0.6 is 11.3 Å². The average Bonchev–Trinajstić information content (AvgIpc) is 3.23. The minimum absolute atomic E-state index is 0.0814. The Kier molecular flexibility index (Phi) is 4.60. The molecule has 0 aliphatic carbocycles. The van der Waals surface area contributed by atoms with Gasteiger partial charge in [-0.2, -0.15) is 0 Å². The highest BCUT2D eigenvalue weighted by atomic mass is 32.2. The monoisotopic (exact) mass is 414 g/mol.